The minimum atomic E-state index is -3.57. The molecule has 4 rings (SSSR count). The zero-order valence-corrected chi connectivity index (χ0v) is 19.6. The van der Waals surface area contributed by atoms with Crippen molar-refractivity contribution in [2.45, 2.75) is 25.7 Å². The van der Waals surface area contributed by atoms with Gasteiger partial charge >= 0.3 is 0 Å². The number of aromatic nitrogens is 2. The van der Waals surface area contributed by atoms with E-state index in [1.807, 2.05) is 61.7 Å². The van der Waals surface area contributed by atoms with Gasteiger partial charge < -0.3 is 5.32 Å². The first-order valence-corrected chi connectivity index (χ1v) is 12.5. The van der Waals surface area contributed by atoms with Crippen LogP contribution in [-0.4, -0.2) is 30.3 Å². The number of carbonyl (C=O) groups is 1. The Hall–Kier alpha value is -3.01. The van der Waals surface area contributed by atoms with Crippen molar-refractivity contribution >= 4 is 37.9 Å². The number of fused-ring (bicyclic) bond motifs is 1. The molecule has 0 unspecified atom stereocenters. The van der Waals surface area contributed by atoms with Crippen molar-refractivity contribution in [3.05, 3.63) is 71.4 Å². The zero-order chi connectivity index (χ0) is 22.9. The van der Waals surface area contributed by atoms with Gasteiger partial charge in [-0.15, -0.1) is 0 Å². The van der Waals surface area contributed by atoms with E-state index in [0.29, 0.717) is 17.1 Å². The molecule has 2 heterocycles. The normalized spacial score (nSPS) is 11.9. The predicted octanol–water partition coefficient (Wildman–Crippen LogP) is 4.56. The first-order chi connectivity index (χ1) is 15.2. The van der Waals surface area contributed by atoms with Crippen LogP contribution in [0.3, 0.4) is 0 Å². The van der Waals surface area contributed by atoms with Gasteiger partial charge in [-0.25, -0.2) is 18.1 Å². The molecule has 9 heteroatoms. The third kappa shape index (κ3) is 4.59. The number of anilines is 1. The van der Waals surface area contributed by atoms with Crippen LogP contribution in [0.4, 0.5) is 5.69 Å². The molecule has 2 aromatic carbocycles. The van der Waals surface area contributed by atoms with E-state index >= 15 is 0 Å². The predicted molar refractivity (Wildman–Crippen MR) is 128 cm³/mol. The van der Waals surface area contributed by atoms with Crippen molar-refractivity contribution in [3.8, 4) is 11.3 Å². The summed E-state index contributed by atoms with van der Waals surface area (Å²) in [5.41, 5.74) is 3.20. The highest BCUT2D eigenvalue weighted by molar-refractivity contribution is 7.89. The van der Waals surface area contributed by atoms with Crippen molar-refractivity contribution in [2.75, 3.05) is 11.9 Å². The van der Waals surface area contributed by atoms with Gasteiger partial charge in [0.2, 0.25) is 10.0 Å². The number of nitrogens with one attached hydrogen (secondary N) is 2. The number of thiazole rings is 1. The van der Waals surface area contributed by atoms with E-state index in [9.17, 15) is 13.2 Å². The monoisotopic (exact) mass is 468 g/mol. The van der Waals surface area contributed by atoms with Crippen molar-refractivity contribution in [1.29, 1.82) is 0 Å². The van der Waals surface area contributed by atoms with Gasteiger partial charge in [0, 0.05) is 29.7 Å². The highest BCUT2D eigenvalue weighted by Crippen LogP contribution is 2.28. The molecule has 0 aliphatic carbocycles. The lowest BCUT2D eigenvalue weighted by Gasteiger charge is -2.10. The van der Waals surface area contributed by atoms with Crippen LogP contribution in [0.2, 0.25) is 0 Å². The van der Waals surface area contributed by atoms with Crippen molar-refractivity contribution in [1.82, 2.24) is 14.1 Å². The average Bonchev–Trinajstić information content (AvgIpc) is 3.33. The third-order valence-corrected chi connectivity index (χ3v) is 7.53. The van der Waals surface area contributed by atoms with Gasteiger partial charge in [-0.05, 0) is 37.1 Å². The van der Waals surface area contributed by atoms with E-state index in [1.165, 1.54) is 23.5 Å². The average molecular weight is 469 g/mol. The second-order valence-corrected chi connectivity index (χ2v) is 10.6. The summed E-state index contributed by atoms with van der Waals surface area (Å²) in [6, 6.07) is 16.0. The number of sulfonamides is 1. The van der Waals surface area contributed by atoms with Gasteiger partial charge in [0.05, 0.1) is 10.6 Å². The third-order valence-electron chi connectivity index (χ3n) is 4.94. The smallest absolute Gasteiger partial charge is 0.267 e. The molecular formula is C23H24N4O3S2. The minimum Gasteiger partial charge on any atom is -0.321 e. The maximum atomic E-state index is 12.8. The molecule has 2 aromatic heterocycles. The Labute approximate surface area is 191 Å². The van der Waals surface area contributed by atoms with E-state index in [1.54, 1.807) is 12.1 Å². The lowest BCUT2D eigenvalue weighted by Crippen LogP contribution is -2.27. The lowest BCUT2D eigenvalue weighted by molar-refractivity contribution is 0.102. The summed E-state index contributed by atoms with van der Waals surface area (Å²) in [4.78, 5) is 19.0. The first-order valence-electron chi connectivity index (χ1n) is 10.2. The van der Waals surface area contributed by atoms with Gasteiger partial charge in [0.1, 0.15) is 4.88 Å². The number of rotatable bonds is 7. The van der Waals surface area contributed by atoms with Gasteiger partial charge in [-0.3, -0.25) is 9.20 Å². The molecule has 0 bridgehead atoms. The molecule has 0 radical (unpaired) electrons. The Balaban J connectivity index is 1.50. The van der Waals surface area contributed by atoms with Crippen LogP contribution >= 0.6 is 11.3 Å². The van der Waals surface area contributed by atoms with E-state index in [0.717, 1.165) is 21.9 Å². The van der Waals surface area contributed by atoms with Crippen molar-refractivity contribution in [2.24, 2.45) is 5.92 Å². The summed E-state index contributed by atoms with van der Waals surface area (Å²) in [5, 5.41) is 2.84. The molecule has 1 amide bonds. The van der Waals surface area contributed by atoms with Crippen LogP contribution < -0.4 is 10.0 Å². The fourth-order valence-electron chi connectivity index (χ4n) is 3.17. The molecule has 7 nitrogen and oxygen atoms in total. The van der Waals surface area contributed by atoms with Gasteiger partial charge in [0.15, 0.2) is 4.96 Å². The quantitative estimate of drug-likeness (QED) is 0.416. The summed E-state index contributed by atoms with van der Waals surface area (Å²) in [5.74, 6) is -0.0463. The molecule has 0 aliphatic heterocycles. The second kappa shape index (κ2) is 8.85. The number of hydrogen-bond acceptors (Lipinski definition) is 5. The molecule has 166 valence electrons. The molecule has 0 atom stereocenters. The minimum absolute atomic E-state index is 0.162. The molecule has 0 saturated carbocycles. The first kappa shape index (κ1) is 22.2. The molecule has 0 fully saturated rings. The fourth-order valence-corrected chi connectivity index (χ4v) is 5.39. The van der Waals surface area contributed by atoms with Crippen LogP contribution in [0, 0.1) is 12.8 Å². The van der Waals surface area contributed by atoms with Gasteiger partial charge in [-0.1, -0.05) is 55.5 Å². The number of amides is 1. The Kier molecular flexibility index (Phi) is 6.14. The number of hydrogen-bond donors (Lipinski definition) is 2. The van der Waals surface area contributed by atoms with Crippen LogP contribution in [0.1, 0.15) is 29.2 Å². The Morgan fingerprint density at radius 1 is 1.09 bits per heavy atom. The van der Waals surface area contributed by atoms with E-state index in [2.05, 4.69) is 15.0 Å². The maximum Gasteiger partial charge on any atom is 0.267 e. The SMILES string of the molecule is Cc1c(C(=O)Nc2ccc(S(=O)(=O)NCC(C)C)cc2)sc2nc(-c3ccccc3)cn12. The van der Waals surface area contributed by atoms with E-state index in [-0.39, 0.29) is 16.7 Å². The molecule has 2 N–H and O–H groups in total. The second-order valence-electron chi connectivity index (χ2n) is 7.89. The Morgan fingerprint density at radius 2 is 1.78 bits per heavy atom. The van der Waals surface area contributed by atoms with Crippen LogP contribution in [0.25, 0.3) is 16.2 Å². The summed E-state index contributed by atoms with van der Waals surface area (Å²) >= 11 is 1.32. The van der Waals surface area contributed by atoms with Crippen LogP contribution in [-0.2, 0) is 10.0 Å². The standard InChI is InChI=1S/C23H24N4O3S2/c1-15(2)13-24-32(29,30)19-11-9-18(10-12-19)25-22(28)21-16(3)27-14-20(26-23(27)31-21)17-7-5-4-6-8-17/h4-12,14-15,24H,13H2,1-3H3,(H,25,28). The number of aryl methyl sites for hydroxylation is 1. The van der Waals surface area contributed by atoms with Gasteiger partial charge in [-0.2, -0.15) is 0 Å². The number of nitrogens with zero attached hydrogens (tertiary/aromatic N) is 2. The summed E-state index contributed by atoms with van der Waals surface area (Å²) < 4.78 is 29.1. The molecule has 0 saturated heterocycles. The lowest BCUT2D eigenvalue weighted by atomic mass is 10.2. The zero-order valence-electron chi connectivity index (χ0n) is 18.0. The van der Waals surface area contributed by atoms with Crippen molar-refractivity contribution < 1.29 is 13.2 Å². The summed E-state index contributed by atoms with van der Waals surface area (Å²) in [7, 11) is -3.57. The van der Waals surface area contributed by atoms with E-state index in [4.69, 9.17) is 0 Å². The fraction of sp³-hybridized carbons (Fsp3) is 0.217. The Bertz CT molecular complexity index is 1360. The Morgan fingerprint density at radius 3 is 2.41 bits per heavy atom. The molecule has 0 spiro atoms. The van der Waals surface area contributed by atoms with Gasteiger partial charge in [0.25, 0.3) is 5.91 Å². The highest BCUT2D eigenvalue weighted by atomic mass is 32.2. The maximum absolute atomic E-state index is 12.8. The largest absolute Gasteiger partial charge is 0.321 e. The van der Waals surface area contributed by atoms with Crippen molar-refractivity contribution in [3.63, 3.8) is 0 Å². The molecule has 4 aromatic rings. The number of imidazole rings is 1. The molecular weight excluding hydrogens is 444 g/mol. The number of benzene rings is 2. The number of carbonyl (C=O) groups excluding carboxylic acids is 1. The highest BCUT2D eigenvalue weighted by Gasteiger charge is 2.19. The molecule has 0 aliphatic rings. The summed E-state index contributed by atoms with van der Waals surface area (Å²) in [6.45, 7) is 6.12. The van der Waals surface area contributed by atoms with Crippen LogP contribution in [0.15, 0.2) is 65.7 Å². The van der Waals surface area contributed by atoms with Crippen LogP contribution in [0.5, 0.6) is 0 Å². The van der Waals surface area contributed by atoms with E-state index < -0.39 is 10.0 Å². The molecule has 32 heavy (non-hydrogen) atoms. The summed E-state index contributed by atoms with van der Waals surface area (Å²) in [6.07, 6.45) is 1.93. The topological polar surface area (TPSA) is 92.6 Å².